The number of benzene rings is 1. The van der Waals surface area contributed by atoms with E-state index in [1.165, 1.54) is 18.4 Å². The Bertz CT molecular complexity index is 565. The first-order valence-corrected chi connectivity index (χ1v) is 8.22. The van der Waals surface area contributed by atoms with Crippen LogP contribution < -0.4 is 14.8 Å². The fourth-order valence-electron chi connectivity index (χ4n) is 3.32. The smallest absolute Gasteiger partial charge is 0.231 e. The van der Waals surface area contributed by atoms with Gasteiger partial charge in [-0.05, 0) is 56.5 Å². The summed E-state index contributed by atoms with van der Waals surface area (Å²) in [5.41, 5.74) is 1.20. The van der Waals surface area contributed by atoms with Gasteiger partial charge in [0.1, 0.15) is 0 Å². The van der Waals surface area contributed by atoms with Crippen molar-refractivity contribution in [2.75, 3.05) is 26.4 Å². The molecule has 1 saturated carbocycles. The number of nitrogens with zero attached hydrogens (tertiary/aromatic N) is 1. The van der Waals surface area contributed by atoms with Crippen LogP contribution in [0.25, 0.3) is 0 Å². The number of carbonyl (C=O) groups is 1. The zero-order chi connectivity index (χ0) is 14.9. The molecule has 0 unspecified atom stereocenters. The van der Waals surface area contributed by atoms with E-state index in [1.54, 1.807) is 0 Å². The van der Waals surface area contributed by atoms with Crippen molar-refractivity contribution < 1.29 is 14.3 Å². The van der Waals surface area contributed by atoms with E-state index in [-0.39, 0.29) is 17.9 Å². The van der Waals surface area contributed by atoms with Gasteiger partial charge < -0.3 is 14.8 Å². The fourth-order valence-corrected chi connectivity index (χ4v) is 3.32. The van der Waals surface area contributed by atoms with E-state index < -0.39 is 0 Å². The number of carbonyl (C=O) groups excluding carboxylic acids is 1. The van der Waals surface area contributed by atoms with Crippen LogP contribution in [-0.4, -0.2) is 37.2 Å². The Hall–Kier alpha value is -1.75. The molecule has 2 aliphatic heterocycles. The molecule has 0 spiro atoms. The van der Waals surface area contributed by atoms with Crippen LogP contribution in [0.2, 0.25) is 0 Å². The Morgan fingerprint density at radius 1 is 1.23 bits per heavy atom. The first-order valence-electron chi connectivity index (χ1n) is 8.22. The predicted molar refractivity (Wildman–Crippen MR) is 81.8 cm³/mol. The second-order valence-corrected chi connectivity index (χ2v) is 6.39. The van der Waals surface area contributed by atoms with Gasteiger partial charge in [-0.15, -0.1) is 0 Å². The lowest BCUT2D eigenvalue weighted by Gasteiger charge is -2.28. The summed E-state index contributed by atoms with van der Waals surface area (Å²) in [7, 11) is 0. The number of hydrogen-bond acceptors (Lipinski definition) is 4. The Kier molecular flexibility index (Phi) is 3.66. The van der Waals surface area contributed by atoms with E-state index in [0.29, 0.717) is 13.3 Å². The maximum Gasteiger partial charge on any atom is 0.231 e. The summed E-state index contributed by atoms with van der Waals surface area (Å²) >= 11 is 0. The van der Waals surface area contributed by atoms with Crippen LogP contribution in [0.1, 0.15) is 37.3 Å². The summed E-state index contributed by atoms with van der Waals surface area (Å²) in [5.74, 6) is 2.10. The average molecular weight is 302 g/mol. The van der Waals surface area contributed by atoms with E-state index in [2.05, 4.69) is 22.3 Å². The molecule has 3 aliphatic rings. The maximum absolute atomic E-state index is 12.0. The fraction of sp³-hybridized carbons (Fsp3) is 0.588. The summed E-state index contributed by atoms with van der Waals surface area (Å²) in [6.07, 6.45) is 4.56. The van der Waals surface area contributed by atoms with Gasteiger partial charge in [0.25, 0.3) is 0 Å². The third-order valence-electron chi connectivity index (χ3n) is 4.78. The number of nitrogens with one attached hydrogen (secondary N) is 1. The van der Waals surface area contributed by atoms with Gasteiger partial charge in [0.2, 0.25) is 12.7 Å². The Labute approximate surface area is 130 Å². The minimum Gasteiger partial charge on any atom is -0.454 e. The van der Waals surface area contributed by atoms with Crippen molar-refractivity contribution in [2.24, 2.45) is 5.92 Å². The van der Waals surface area contributed by atoms with E-state index >= 15 is 0 Å². The van der Waals surface area contributed by atoms with Crippen LogP contribution in [0.15, 0.2) is 18.2 Å². The molecule has 0 aromatic heterocycles. The van der Waals surface area contributed by atoms with Gasteiger partial charge in [-0.3, -0.25) is 9.69 Å². The molecular weight excluding hydrogens is 280 g/mol. The van der Waals surface area contributed by atoms with Gasteiger partial charge in [0.15, 0.2) is 11.5 Å². The van der Waals surface area contributed by atoms with Gasteiger partial charge in [-0.25, -0.2) is 0 Å². The second-order valence-electron chi connectivity index (χ2n) is 6.39. The molecule has 118 valence electrons. The summed E-state index contributed by atoms with van der Waals surface area (Å²) in [5, 5.41) is 3.14. The molecule has 1 N–H and O–H groups in total. The molecule has 1 amide bonds. The molecule has 0 radical (unpaired) electrons. The van der Waals surface area contributed by atoms with Crippen molar-refractivity contribution in [2.45, 2.75) is 31.7 Å². The number of amides is 1. The highest BCUT2D eigenvalue weighted by Gasteiger charge is 2.31. The van der Waals surface area contributed by atoms with E-state index in [0.717, 1.165) is 37.4 Å². The molecule has 1 aliphatic carbocycles. The van der Waals surface area contributed by atoms with E-state index in [9.17, 15) is 4.79 Å². The minimum absolute atomic E-state index is 0.213. The number of fused-ring (bicyclic) bond motifs is 1. The lowest BCUT2D eigenvalue weighted by molar-refractivity contribution is -0.122. The highest BCUT2D eigenvalue weighted by Crippen LogP contribution is 2.36. The molecule has 1 saturated heterocycles. The van der Waals surface area contributed by atoms with Crippen LogP contribution >= 0.6 is 0 Å². The zero-order valence-corrected chi connectivity index (χ0v) is 12.7. The molecule has 1 aromatic carbocycles. The number of likely N-dealkylation sites (tertiary alicyclic amines) is 1. The predicted octanol–water partition coefficient (Wildman–Crippen LogP) is 2.08. The first-order chi connectivity index (χ1) is 10.8. The molecule has 1 atom stereocenters. The summed E-state index contributed by atoms with van der Waals surface area (Å²) in [6, 6.07) is 6.36. The van der Waals surface area contributed by atoms with Crippen molar-refractivity contribution in [1.82, 2.24) is 10.2 Å². The number of hydrogen-bond donors (Lipinski definition) is 1. The molecule has 0 bridgehead atoms. The molecule has 22 heavy (non-hydrogen) atoms. The van der Waals surface area contributed by atoms with E-state index in [4.69, 9.17) is 9.47 Å². The normalized spacial score (nSPS) is 21.8. The highest BCUT2D eigenvalue weighted by molar-refractivity contribution is 5.80. The summed E-state index contributed by atoms with van der Waals surface area (Å²) in [6.45, 7) is 3.16. The minimum atomic E-state index is 0.213. The third-order valence-corrected chi connectivity index (χ3v) is 4.78. The van der Waals surface area contributed by atoms with E-state index in [1.807, 2.05) is 6.07 Å². The summed E-state index contributed by atoms with van der Waals surface area (Å²) < 4.78 is 10.9. The Morgan fingerprint density at radius 2 is 2.00 bits per heavy atom. The van der Waals surface area contributed by atoms with Crippen LogP contribution in [0.3, 0.4) is 0 Å². The average Bonchev–Trinajstić information content (AvgIpc) is 3.06. The Balaban J connectivity index is 1.51. The standard InChI is InChI=1S/C17H22N2O3/c20-17(12-3-4-12)18-10-14(19-7-1-2-8-19)13-5-6-15-16(9-13)22-11-21-15/h5-6,9,12,14H,1-4,7-8,10-11H2,(H,18,20)/t14-/m1/s1. The van der Waals surface area contributed by atoms with Gasteiger partial charge >= 0.3 is 0 Å². The van der Waals surface area contributed by atoms with Crippen molar-refractivity contribution in [3.8, 4) is 11.5 Å². The second kappa shape index (κ2) is 5.80. The number of rotatable bonds is 5. The maximum atomic E-state index is 12.0. The SMILES string of the molecule is O=C(NC[C@H](c1ccc2c(c1)OCO2)N1CCCC1)C1CC1. The largest absolute Gasteiger partial charge is 0.454 e. The van der Waals surface area contributed by atoms with Gasteiger partial charge in [-0.1, -0.05) is 6.07 Å². The number of ether oxygens (including phenoxy) is 2. The zero-order valence-electron chi connectivity index (χ0n) is 12.7. The molecule has 5 nitrogen and oxygen atoms in total. The Morgan fingerprint density at radius 3 is 2.77 bits per heavy atom. The van der Waals surface area contributed by atoms with Crippen LogP contribution in [-0.2, 0) is 4.79 Å². The molecule has 2 fully saturated rings. The molecule has 5 heteroatoms. The van der Waals surface area contributed by atoms with Crippen molar-refractivity contribution >= 4 is 5.91 Å². The topological polar surface area (TPSA) is 50.8 Å². The van der Waals surface area contributed by atoms with Gasteiger partial charge in [0.05, 0.1) is 6.04 Å². The van der Waals surface area contributed by atoms with Gasteiger partial charge in [-0.2, -0.15) is 0 Å². The lowest BCUT2D eigenvalue weighted by atomic mass is 10.0. The van der Waals surface area contributed by atoms with Crippen molar-refractivity contribution in [3.05, 3.63) is 23.8 Å². The molecule has 2 heterocycles. The third kappa shape index (κ3) is 2.77. The molecule has 1 aromatic rings. The highest BCUT2D eigenvalue weighted by atomic mass is 16.7. The van der Waals surface area contributed by atoms with Crippen molar-refractivity contribution in [3.63, 3.8) is 0 Å². The van der Waals surface area contributed by atoms with Crippen LogP contribution in [0.4, 0.5) is 0 Å². The van der Waals surface area contributed by atoms with Crippen LogP contribution in [0.5, 0.6) is 11.5 Å². The summed E-state index contributed by atoms with van der Waals surface area (Å²) in [4.78, 5) is 14.4. The molecular formula is C17H22N2O3. The van der Waals surface area contributed by atoms with Crippen molar-refractivity contribution in [1.29, 1.82) is 0 Å². The first kappa shape index (κ1) is 13.9. The lowest BCUT2D eigenvalue weighted by Crippen LogP contribution is -2.37. The van der Waals surface area contributed by atoms with Gasteiger partial charge in [0, 0.05) is 12.5 Å². The van der Waals surface area contributed by atoms with Crippen LogP contribution in [0, 0.1) is 5.92 Å². The quantitative estimate of drug-likeness (QED) is 0.905. The molecule has 4 rings (SSSR count). The monoisotopic (exact) mass is 302 g/mol.